The SMILES string of the molecule is c1ccc(-n2c3ccccc3c3c2c2c4ccc(Oc5ccc6c7ccccc7n(-c7ccccn7)c6c5)cc4c4nc5ccccc5n4c2c2c4ccccc4n(-c4ccccc4)c32)cc1. The van der Waals surface area contributed by atoms with Gasteiger partial charge in [0.25, 0.3) is 0 Å². The van der Waals surface area contributed by atoms with E-state index in [2.05, 4.69) is 212 Å². The van der Waals surface area contributed by atoms with Crippen LogP contribution in [0.25, 0.3) is 121 Å². The van der Waals surface area contributed by atoms with Gasteiger partial charge in [-0.3, -0.25) is 8.97 Å². The van der Waals surface area contributed by atoms with Gasteiger partial charge in [0.05, 0.1) is 49.7 Å². The van der Waals surface area contributed by atoms with Crippen LogP contribution in [0.5, 0.6) is 11.5 Å². The molecule has 0 spiro atoms. The summed E-state index contributed by atoms with van der Waals surface area (Å²) in [4.78, 5) is 10.3. The monoisotopic (exact) mass is 856 g/mol. The van der Waals surface area contributed by atoms with Crippen molar-refractivity contribution in [3.8, 4) is 28.7 Å². The molecule has 15 rings (SSSR count). The highest BCUT2D eigenvalue weighted by Gasteiger charge is 2.28. The molecule has 312 valence electrons. The Labute approximate surface area is 382 Å². The van der Waals surface area contributed by atoms with Crippen molar-refractivity contribution in [3.05, 3.63) is 219 Å². The van der Waals surface area contributed by atoms with Gasteiger partial charge in [-0.2, -0.15) is 0 Å². The van der Waals surface area contributed by atoms with Crippen LogP contribution in [0.3, 0.4) is 0 Å². The fourth-order valence-corrected chi connectivity index (χ4v) is 11.1. The number of nitrogens with zero attached hydrogens (tertiary/aromatic N) is 6. The van der Waals surface area contributed by atoms with E-state index in [9.17, 15) is 0 Å². The van der Waals surface area contributed by atoms with Crippen molar-refractivity contribution in [2.24, 2.45) is 0 Å². The minimum atomic E-state index is 0.724. The minimum absolute atomic E-state index is 0.724. The van der Waals surface area contributed by atoms with Crippen LogP contribution < -0.4 is 4.74 Å². The summed E-state index contributed by atoms with van der Waals surface area (Å²) in [5.41, 5.74) is 12.9. The third-order valence-electron chi connectivity index (χ3n) is 13.8. The van der Waals surface area contributed by atoms with Gasteiger partial charge in [0, 0.05) is 66.7 Å². The molecule has 0 radical (unpaired) electrons. The Hall–Kier alpha value is -9.20. The van der Waals surface area contributed by atoms with E-state index in [0.29, 0.717) is 0 Å². The van der Waals surface area contributed by atoms with E-state index >= 15 is 0 Å². The van der Waals surface area contributed by atoms with Crippen LogP contribution >= 0.6 is 0 Å². The third-order valence-corrected chi connectivity index (χ3v) is 13.8. The molecule has 0 aliphatic heterocycles. The molecule has 0 saturated carbocycles. The lowest BCUT2D eigenvalue weighted by molar-refractivity contribution is 0.484. The number of hydrogen-bond acceptors (Lipinski definition) is 3. The maximum atomic E-state index is 6.95. The minimum Gasteiger partial charge on any atom is -0.457 e. The van der Waals surface area contributed by atoms with Gasteiger partial charge in [0.1, 0.15) is 23.0 Å². The molecule has 6 aromatic heterocycles. The molecule has 7 nitrogen and oxygen atoms in total. The van der Waals surface area contributed by atoms with Crippen LogP contribution in [0.1, 0.15) is 0 Å². The van der Waals surface area contributed by atoms with Gasteiger partial charge in [0.2, 0.25) is 0 Å². The predicted molar refractivity (Wildman–Crippen MR) is 275 cm³/mol. The Balaban J connectivity index is 1.10. The van der Waals surface area contributed by atoms with Crippen LogP contribution in [0, 0.1) is 0 Å². The van der Waals surface area contributed by atoms with Crippen molar-refractivity contribution in [1.82, 2.24) is 28.1 Å². The molecule has 0 unspecified atom stereocenters. The average Bonchev–Trinajstić information content (AvgIpc) is 4.14. The number of aromatic nitrogens is 6. The first-order chi connectivity index (χ1) is 33.3. The van der Waals surface area contributed by atoms with Gasteiger partial charge >= 0.3 is 0 Å². The van der Waals surface area contributed by atoms with E-state index in [0.717, 1.165) is 106 Å². The number of hydrogen-bond donors (Lipinski definition) is 0. The summed E-state index contributed by atoms with van der Waals surface area (Å²) in [6.07, 6.45) is 1.84. The summed E-state index contributed by atoms with van der Waals surface area (Å²) in [5, 5.41) is 10.3. The lowest BCUT2D eigenvalue weighted by Crippen LogP contribution is -2.00. The van der Waals surface area contributed by atoms with Crippen molar-refractivity contribution >= 4 is 104 Å². The largest absolute Gasteiger partial charge is 0.457 e. The Bertz CT molecular complexity index is 4520. The Morgan fingerprint density at radius 1 is 0.343 bits per heavy atom. The highest BCUT2D eigenvalue weighted by atomic mass is 16.5. The standard InChI is InChI=1S/C60H36N6O/c1-3-17-37(18-4-1)63-49-26-12-8-22-44(49)55-57(63)54-43-33-31-39(67-40-30-32-42-41-21-7-11-25-48(41)65(52(42)36-40)53-29-15-16-34-61-53)35-46(43)60-62-47-24-10-14-28-51(47)66(60)59(54)56-45-23-9-13-27-50(45)64(58(55)56)38-19-5-2-6-20-38/h1-36H. The number of imidazole rings is 1. The highest BCUT2D eigenvalue weighted by molar-refractivity contribution is 6.40. The molecule has 7 heteroatoms. The van der Waals surface area contributed by atoms with E-state index in [1.54, 1.807) is 0 Å². The number of benzene rings is 9. The molecular formula is C60H36N6O. The number of fused-ring (bicyclic) bond motifs is 20. The fourth-order valence-electron chi connectivity index (χ4n) is 11.1. The average molecular weight is 857 g/mol. The molecule has 0 bridgehead atoms. The van der Waals surface area contributed by atoms with Crippen LogP contribution in [-0.4, -0.2) is 28.1 Å². The summed E-state index contributed by atoms with van der Waals surface area (Å²) in [6, 6.07) is 75.3. The zero-order chi connectivity index (χ0) is 43.7. The second kappa shape index (κ2) is 13.7. The fraction of sp³-hybridized carbons (Fsp3) is 0. The number of para-hydroxylation sites is 7. The van der Waals surface area contributed by atoms with E-state index < -0.39 is 0 Å². The smallest absolute Gasteiger partial charge is 0.146 e. The first-order valence-corrected chi connectivity index (χ1v) is 22.7. The van der Waals surface area contributed by atoms with E-state index in [1.807, 2.05) is 24.4 Å². The summed E-state index contributed by atoms with van der Waals surface area (Å²) in [5.74, 6) is 2.32. The molecule has 0 fully saturated rings. The molecule has 0 aliphatic rings. The maximum Gasteiger partial charge on any atom is 0.146 e. The van der Waals surface area contributed by atoms with Gasteiger partial charge in [-0.1, -0.05) is 109 Å². The molecule has 67 heavy (non-hydrogen) atoms. The van der Waals surface area contributed by atoms with Crippen molar-refractivity contribution in [2.75, 3.05) is 0 Å². The van der Waals surface area contributed by atoms with Gasteiger partial charge in [-0.05, 0) is 102 Å². The van der Waals surface area contributed by atoms with Crippen molar-refractivity contribution in [3.63, 3.8) is 0 Å². The lowest BCUT2D eigenvalue weighted by atomic mass is 9.98. The van der Waals surface area contributed by atoms with Gasteiger partial charge in [0.15, 0.2) is 0 Å². The van der Waals surface area contributed by atoms with Crippen molar-refractivity contribution < 1.29 is 4.74 Å². The topological polar surface area (TPSA) is 54.2 Å². The van der Waals surface area contributed by atoms with Gasteiger partial charge in [-0.15, -0.1) is 0 Å². The van der Waals surface area contributed by atoms with E-state index in [4.69, 9.17) is 14.7 Å². The summed E-state index contributed by atoms with van der Waals surface area (Å²) in [7, 11) is 0. The summed E-state index contributed by atoms with van der Waals surface area (Å²) >= 11 is 0. The first-order valence-electron chi connectivity index (χ1n) is 22.7. The Morgan fingerprint density at radius 2 is 0.851 bits per heavy atom. The Morgan fingerprint density at radius 3 is 1.51 bits per heavy atom. The molecule has 0 amide bonds. The van der Waals surface area contributed by atoms with Gasteiger partial charge in [-0.25, -0.2) is 9.97 Å². The Kier molecular flexibility index (Phi) is 7.37. The molecule has 0 atom stereocenters. The highest BCUT2D eigenvalue weighted by Crippen LogP contribution is 2.50. The first kappa shape index (κ1) is 36.2. The number of rotatable bonds is 5. The zero-order valence-corrected chi connectivity index (χ0v) is 35.9. The van der Waals surface area contributed by atoms with Crippen molar-refractivity contribution in [1.29, 1.82) is 0 Å². The number of pyridine rings is 2. The normalized spacial score (nSPS) is 12.2. The van der Waals surface area contributed by atoms with Gasteiger partial charge < -0.3 is 13.9 Å². The molecule has 9 aromatic carbocycles. The number of ether oxygens (including phenoxy) is 1. The zero-order valence-electron chi connectivity index (χ0n) is 35.9. The third kappa shape index (κ3) is 4.99. The molecule has 15 aromatic rings. The molecule has 6 heterocycles. The molecule has 0 aliphatic carbocycles. The quantitative estimate of drug-likeness (QED) is 0.162. The summed E-state index contributed by atoms with van der Waals surface area (Å²) < 4.78 is 16.5. The lowest BCUT2D eigenvalue weighted by Gasteiger charge is -2.17. The second-order valence-electron chi connectivity index (χ2n) is 17.3. The van der Waals surface area contributed by atoms with E-state index in [1.165, 1.54) is 26.9 Å². The maximum absolute atomic E-state index is 6.95. The molecule has 0 N–H and O–H groups in total. The molecule has 0 saturated heterocycles. The second-order valence-corrected chi connectivity index (χ2v) is 17.3. The molecular weight excluding hydrogens is 821 g/mol. The van der Waals surface area contributed by atoms with Crippen LogP contribution in [-0.2, 0) is 0 Å². The summed E-state index contributed by atoms with van der Waals surface area (Å²) in [6.45, 7) is 0. The van der Waals surface area contributed by atoms with E-state index in [-0.39, 0.29) is 0 Å². The van der Waals surface area contributed by atoms with Crippen LogP contribution in [0.15, 0.2) is 219 Å². The van der Waals surface area contributed by atoms with Crippen molar-refractivity contribution in [2.45, 2.75) is 0 Å². The predicted octanol–water partition coefficient (Wildman–Crippen LogP) is 15.3. The van der Waals surface area contributed by atoms with Crippen LogP contribution in [0.2, 0.25) is 0 Å². The van der Waals surface area contributed by atoms with Crippen LogP contribution in [0.4, 0.5) is 0 Å².